The minimum Gasteiger partial charge on any atom is -0.493 e. The molecule has 0 saturated carbocycles. The number of rotatable bonds is 12. The Morgan fingerprint density at radius 3 is 1.64 bits per heavy atom. The summed E-state index contributed by atoms with van der Waals surface area (Å²) in [7, 11) is 3.24. The van der Waals surface area contributed by atoms with Crippen molar-refractivity contribution in [2.24, 2.45) is 0 Å². The van der Waals surface area contributed by atoms with E-state index < -0.39 is 5.63 Å². The van der Waals surface area contributed by atoms with E-state index in [9.17, 15) is 4.79 Å². The summed E-state index contributed by atoms with van der Waals surface area (Å²) in [5, 5.41) is 3.21. The number of aromatic nitrogens is 1. The maximum absolute atomic E-state index is 14.2. The van der Waals surface area contributed by atoms with Gasteiger partial charge < -0.3 is 32.5 Å². The highest BCUT2D eigenvalue weighted by atomic mass is 16.5. The Balaban J connectivity index is 1.24. The van der Waals surface area contributed by atoms with Gasteiger partial charge >= 0.3 is 5.63 Å². The quantitative estimate of drug-likeness (QED) is 0.115. The van der Waals surface area contributed by atoms with Gasteiger partial charge in [-0.05, 0) is 64.0 Å². The van der Waals surface area contributed by atoms with Crippen molar-refractivity contribution in [2.45, 2.75) is 19.8 Å². The summed E-state index contributed by atoms with van der Waals surface area (Å²) in [6, 6.07) is 47.5. The van der Waals surface area contributed by atoms with E-state index in [1.165, 1.54) is 0 Å². The number of hydrogen-bond donors (Lipinski definition) is 0. The predicted molar refractivity (Wildman–Crippen MR) is 219 cm³/mol. The monoisotopic (exact) mass is 739 g/mol. The van der Waals surface area contributed by atoms with Crippen molar-refractivity contribution in [3.05, 3.63) is 179 Å². The molecule has 0 radical (unpaired) electrons. The molecule has 0 spiro atoms. The Morgan fingerprint density at radius 1 is 0.536 bits per heavy atom. The lowest BCUT2D eigenvalue weighted by Crippen LogP contribution is -2.03. The van der Waals surface area contributed by atoms with Gasteiger partial charge in [-0.25, -0.2) is 4.79 Å². The van der Waals surface area contributed by atoms with Crippen molar-refractivity contribution in [1.29, 1.82) is 0 Å². The number of hydrogen-bond acceptors (Lipinski definition) is 7. The highest BCUT2D eigenvalue weighted by Gasteiger charge is 2.25. The summed E-state index contributed by atoms with van der Waals surface area (Å²) in [4.78, 5) is 14.2. The van der Waals surface area contributed by atoms with E-state index in [-0.39, 0.29) is 0 Å². The first kappa shape index (κ1) is 34.6. The standard InChI is InChI=1S/C48H37NO7/c1-51-40-25-37-35(24-42(40)54-29-32-14-8-4-9-15-32)22-23-49-46(37)44(34-18-20-36(21-19-34)53-28-31-12-6-3-7-13-31)45-38-26-41(52-2)43(27-39(38)56-48(50)47(45)49)55-30-33-16-10-5-11-17-33/h3-27H,28-30H2,1-2H3. The van der Waals surface area contributed by atoms with E-state index in [0.717, 1.165) is 55.2 Å². The van der Waals surface area contributed by atoms with Crippen LogP contribution in [0.3, 0.4) is 0 Å². The molecule has 276 valence electrons. The fourth-order valence-electron chi connectivity index (χ4n) is 7.26. The van der Waals surface area contributed by atoms with Gasteiger partial charge in [0.05, 0.1) is 19.7 Å². The summed E-state index contributed by atoms with van der Waals surface area (Å²) in [6.07, 6.45) is 1.91. The largest absolute Gasteiger partial charge is 0.493 e. The lowest BCUT2D eigenvalue weighted by Gasteiger charge is -2.14. The fourth-order valence-corrected chi connectivity index (χ4v) is 7.26. The number of nitrogens with zero attached hydrogens (tertiary/aromatic N) is 1. The lowest BCUT2D eigenvalue weighted by atomic mass is 9.98. The molecule has 0 atom stereocenters. The van der Waals surface area contributed by atoms with Crippen molar-refractivity contribution >= 4 is 38.2 Å². The van der Waals surface area contributed by atoms with Crippen LogP contribution in [-0.2, 0) is 19.8 Å². The highest BCUT2D eigenvalue weighted by Crippen LogP contribution is 2.45. The smallest absolute Gasteiger partial charge is 0.361 e. The Hall–Kier alpha value is -7.19. The zero-order valence-corrected chi connectivity index (χ0v) is 30.9. The fraction of sp³-hybridized carbons (Fsp3) is 0.104. The van der Waals surface area contributed by atoms with Crippen LogP contribution in [0.5, 0.6) is 28.7 Å². The molecule has 8 heteroatoms. The molecule has 6 aromatic carbocycles. The van der Waals surface area contributed by atoms with Crippen molar-refractivity contribution in [1.82, 2.24) is 4.40 Å². The van der Waals surface area contributed by atoms with E-state index in [1.54, 1.807) is 20.3 Å². The molecule has 9 rings (SSSR count). The molecule has 8 nitrogen and oxygen atoms in total. The van der Waals surface area contributed by atoms with E-state index in [4.69, 9.17) is 28.1 Å². The summed E-state index contributed by atoms with van der Waals surface area (Å²) in [5.74, 6) is 2.89. The zero-order chi connectivity index (χ0) is 38.0. The SMILES string of the molecule is COc1cc2c(ccn3c2c(-c2ccc(OCc4ccccc4)cc2)c2c4cc(OC)c(OCc5ccccc5)cc4oc(=O)c23)cc1OCc1ccccc1. The zero-order valence-electron chi connectivity index (χ0n) is 30.9. The second-order valence-corrected chi connectivity index (χ2v) is 13.5. The maximum atomic E-state index is 14.2. The van der Waals surface area contributed by atoms with Crippen molar-refractivity contribution in [2.75, 3.05) is 14.2 Å². The number of methoxy groups -OCH3 is 2. The molecule has 0 fully saturated rings. The molecule has 0 saturated heterocycles. The molecule has 9 aromatic rings. The van der Waals surface area contributed by atoms with Gasteiger partial charge in [0, 0.05) is 34.0 Å². The number of ether oxygens (including phenoxy) is 5. The third kappa shape index (κ3) is 6.51. The van der Waals surface area contributed by atoms with Crippen LogP contribution >= 0.6 is 0 Å². The second kappa shape index (κ2) is 14.9. The first-order valence-corrected chi connectivity index (χ1v) is 18.3. The van der Waals surface area contributed by atoms with E-state index in [1.807, 2.05) is 150 Å². The van der Waals surface area contributed by atoms with E-state index in [0.29, 0.717) is 59.3 Å². The molecule has 0 unspecified atom stereocenters. The highest BCUT2D eigenvalue weighted by molar-refractivity contribution is 6.21. The Morgan fingerprint density at radius 2 is 1.07 bits per heavy atom. The topological polar surface area (TPSA) is 80.8 Å². The molecular formula is C48H37NO7. The van der Waals surface area contributed by atoms with Crippen LogP contribution in [0.25, 0.3) is 49.3 Å². The third-order valence-corrected chi connectivity index (χ3v) is 10.00. The molecule has 0 N–H and O–H groups in total. The molecule has 0 aliphatic carbocycles. The second-order valence-electron chi connectivity index (χ2n) is 13.5. The molecule has 3 aromatic heterocycles. The average molecular weight is 740 g/mol. The van der Waals surface area contributed by atoms with Gasteiger partial charge in [0.25, 0.3) is 0 Å². The van der Waals surface area contributed by atoms with Crippen LogP contribution in [0.1, 0.15) is 16.7 Å². The predicted octanol–water partition coefficient (Wildman–Crippen LogP) is 10.8. The van der Waals surface area contributed by atoms with Crippen LogP contribution in [0.15, 0.2) is 161 Å². The summed E-state index contributed by atoms with van der Waals surface area (Å²) >= 11 is 0. The third-order valence-electron chi connectivity index (χ3n) is 10.00. The molecular weight excluding hydrogens is 703 g/mol. The van der Waals surface area contributed by atoms with E-state index >= 15 is 0 Å². The van der Waals surface area contributed by atoms with Gasteiger partial charge in [-0.1, -0.05) is 103 Å². The van der Waals surface area contributed by atoms with Gasteiger partial charge in [0.15, 0.2) is 23.0 Å². The Bertz CT molecular complexity index is 2880. The summed E-state index contributed by atoms with van der Waals surface area (Å²) in [5.41, 5.74) is 5.96. The number of benzene rings is 6. The summed E-state index contributed by atoms with van der Waals surface area (Å²) in [6.45, 7) is 1.15. The molecule has 0 aliphatic heterocycles. The minimum atomic E-state index is -0.482. The lowest BCUT2D eigenvalue weighted by molar-refractivity contribution is 0.284. The molecule has 0 bridgehead atoms. The molecule has 56 heavy (non-hydrogen) atoms. The van der Waals surface area contributed by atoms with E-state index in [2.05, 4.69) is 0 Å². The van der Waals surface area contributed by atoms with Crippen molar-refractivity contribution in [3.63, 3.8) is 0 Å². The van der Waals surface area contributed by atoms with Crippen LogP contribution < -0.4 is 29.3 Å². The van der Waals surface area contributed by atoms with Gasteiger partial charge in [0.2, 0.25) is 0 Å². The molecule has 0 aliphatic rings. The molecule has 3 heterocycles. The minimum absolute atomic E-state index is 0.320. The number of pyridine rings is 1. The Labute approximate surface area is 322 Å². The van der Waals surface area contributed by atoms with Gasteiger partial charge in [-0.15, -0.1) is 0 Å². The van der Waals surface area contributed by atoms with Gasteiger partial charge in [-0.3, -0.25) is 0 Å². The van der Waals surface area contributed by atoms with Crippen LogP contribution in [-0.4, -0.2) is 18.6 Å². The van der Waals surface area contributed by atoms with Gasteiger partial charge in [-0.2, -0.15) is 0 Å². The van der Waals surface area contributed by atoms with Crippen molar-refractivity contribution in [3.8, 4) is 39.9 Å². The van der Waals surface area contributed by atoms with Crippen molar-refractivity contribution < 1.29 is 28.1 Å². The average Bonchev–Trinajstić information content (AvgIpc) is 3.61. The normalized spacial score (nSPS) is 11.3. The first-order valence-electron chi connectivity index (χ1n) is 18.3. The summed E-state index contributed by atoms with van der Waals surface area (Å²) < 4.78 is 38.5. The number of fused-ring (bicyclic) bond motifs is 7. The first-order chi connectivity index (χ1) is 27.6. The maximum Gasteiger partial charge on any atom is 0.361 e. The Kier molecular flexibility index (Phi) is 9.21. The van der Waals surface area contributed by atoms with Gasteiger partial charge in [0.1, 0.15) is 36.7 Å². The van der Waals surface area contributed by atoms with Crippen LogP contribution in [0.2, 0.25) is 0 Å². The van der Waals surface area contributed by atoms with Crippen LogP contribution in [0, 0.1) is 0 Å². The van der Waals surface area contributed by atoms with Crippen LogP contribution in [0.4, 0.5) is 0 Å². The molecule has 0 amide bonds.